The van der Waals surface area contributed by atoms with Crippen LogP contribution in [0.25, 0.3) is 6.08 Å². The maximum Gasteiger partial charge on any atom is 0.335 e. The van der Waals surface area contributed by atoms with Crippen LogP contribution in [0.1, 0.15) is 32.5 Å². The number of carboxylic acids is 1. The molecule has 1 heterocycles. The molecule has 0 aliphatic carbocycles. The molecule has 4 N–H and O–H groups in total. The average molecular weight is 572 g/mol. The Balaban J connectivity index is 1.43. The van der Waals surface area contributed by atoms with E-state index in [0.29, 0.717) is 16.9 Å². The van der Waals surface area contributed by atoms with Crippen LogP contribution in [0, 0.1) is 0 Å². The van der Waals surface area contributed by atoms with E-state index >= 15 is 0 Å². The standard InChI is InChI=1S/C30H25N3O5S2/c1-19(27(34)31-22-11-5-10-21(16-22)30(37)38)40-25-13-6-12-23(17-25)32-29(36)26(18-24-14-7-15-39-24)33-28(35)20-8-3-2-4-9-20/h2-19H,1H3,(H,31,34)(H,32,36)(H,33,35)(H,37,38)/b26-18-. The predicted molar refractivity (Wildman–Crippen MR) is 159 cm³/mol. The van der Waals surface area contributed by atoms with Crippen LogP contribution in [0.4, 0.5) is 11.4 Å². The summed E-state index contributed by atoms with van der Waals surface area (Å²) in [5.74, 6) is -2.28. The average Bonchev–Trinajstić information content (AvgIpc) is 3.46. The second-order valence-corrected chi connectivity index (χ2v) is 10.9. The Kier molecular flexibility index (Phi) is 9.50. The van der Waals surface area contributed by atoms with Gasteiger partial charge in [0.2, 0.25) is 5.91 Å². The zero-order valence-electron chi connectivity index (χ0n) is 21.3. The first kappa shape index (κ1) is 28.3. The van der Waals surface area contributed by atoms with Gasteiger partial charge in [-0.15, -0.1) is 23.1 Å². The second kappa shape index (κ2) is 13.4. The molecule has 0 aliphatic heterocycles. The number of rotatable bonds is 10. The first-order valence-corrected chi connectivity index (χ1v) is 13.9. The first-order chi connectivity index (χ1) is 19.3. The molecule has 4 rings (SSSR count). The van der Waals surface area contributed by atoms with E-state index in [2.05, 4.69) is 16.0 Å². The minimum atomic E-state index is -1.08. The zero-order valence-corrected chi connectivity index (χ0v) is 22.9. The van der Waals surface area contributed by atoms with Gasteiger partial charge in [0.05, 0.1) is 10.8 Å². The molecule has 1 aromatic heterocycles. The fraction of sp³-hybridized carbons (Fsp3) is 0.0667. The lowest BCUT2D eigenvalue weighted by Crippen LogP contribution is -2.30. The van der Waals surface area contributed by atoms with Crippen molar-refractivity contribution in [2.45, 2.75) is 17.1 Å². The SMILES string of the molecule is CC(Sc1cccc(NC(=O)/C(=C/c2cccs2)NC(=O)c2ccccc2)c1)C(=O)Nc1cccc(C(=O)O)c1. The number of carbonyl (C=O) groups is 4. The molecular formula is C30H25N3O5S2. The lowest BCUT2D eigenvalue weighted by Gasteiger charge is -2.14. The quantitative estimate of drug-likeness (QED) is 0.137. The number of aromatic carboxylic acids is 1. The highest BCUT2D eigenvalue weighted by molar-refractivity contribution is 8.00. The number of carboxylic acid groups (broad SMARTS) is 1. The molecule has 0 radical (unpaired) electrons. The van der Waals surface area contributed by atoms with Gasteiger partial charge in [0.25, 0.3) is 11.8 Å². The minimum absolute atomic E-state index is 0.0778. The lowest BCUT2D eigenvalue weighted by molar-refractivity contribution is -0.115. The van der Waals surface area contributed by atoms with Crippen molar-refractivity contribution in [2.75, 3.05) is 10.6 Å². The summed E-state index contributed by atoms with van der Waals surface area (Å²) in [5, 5.41) is 18.8. The van der Waals surface area contributed by atoms with Crippen LogP contribution in [0.5, 0.6) is 0 Å². The van der Waals surface area contributed by atoms with E-state index in [4.69, 9.17) is 5.11 Å². The number of hydrogen-bond donors (Lipinski definition) is 4. The van der Waals surface area contributed by atoms with E-state index in [1.807, 2.05) is 23.6 Å². The summed E-state index contributed by atoms with van der Waals surface area (Å²) >= 11 is 2.71. The van der Waals surface area contributed by atoms with Gasteiger partial charge in [0, 0.05) is 26.7 Å². The van der Waals surface area contributed by atoms with Crippen LogP contribution < -0.4 is 16.0 Å². The number of carbonyl (C=O) groups excluding carboxylic acids is 3. The third kappa shape index (κ3) is 7.92. The van der Waals surface area contributed by atoms with Gasteiger partial charge >= 0.3 is 5.97 Å². The van der Waals surface area contributed by atoms with E-state index in [0.717, 1.165) is 9.77 Å². The Morgan fingerprint density at radius 3 is 2.23 bits per heavy atom. The van der Waals surface area contributed by atoms with Crippen LogP contribution in [0.2, 0.25) is 0 Å². The van der Waals surface area contributed by atoms with E-state index in [9.17, 15) is 19.2 Å². The van der Waals surface area contributed by atoms with Gasteiger partial charge in [0.15, 0.2) is 0 Å². The van der Waals surface area contributed by atoms with Crippen molar-refractivity contribution >= 4 is 64.2 Å². The number of amides is 3. The van der Waals surface area contributed by atoms with E-state index in [1.54, 1.807) is 73.7 Å². The molecule has 0 saturated heterocycles. The smallest absolute Gasteiger partial charge is 0.335 e. The highest BCUT2D eigenvalue weighted by Gasteiger charge is 2.18. The topological polar surface area (TPSA) is 125 Å². The highest BCUT2D eigenvalue weighted by atomic mass is 32.2. The van der Waals surface area contributed by atoms with Crippen molar-refractivity contribution in [3.8, 4) is 0 Å². The Bertz CT molecular complexity index is 1550. The van der Waals surface area contributed by atoms with Crippen LogP contribution in [0.3, 0.4) is 0 Å². The summed E-state index contributed by atoms with van der Waals surface area (Å²) in [6.07, 6.45) is 1.62. The molecule has 40 heavy (non-hydrogen) atoms. The summed E-state index contributed by atoms with van der Waals surface area (Å²) in [7, 11) is 0. The fourth-order valence-corrected chi connectivity index (χ4v) is 5.12. The molecule has 0 fully saturated rings. The number of thioether (sulfide) groups is 1. The van der Waals surface area contributed by atoms with E-state index < -0.39 is 23.0 Å². The van der Waals surface area contributed by atoms with Gasteiger partial charge in [0.1, 0.15) is 5.70 Å². The maximum atomic E-state index is 13.2. The van der Waals surface area contributed by atoms with Crippen molar-refractivity contribution in [1.29, 1.82) is 0 Å². The minimum Gasteiger partial charge on any atom is -0.478 e. The third-order valence-electron chi connectivity index (χ3n) is 5.51. The molecule has 0 bridgehead atoms. The number of anilines is 2. The molecule has 202 valence electrons. The predicted octanol–water partition coefficient (Wildman–Crippen LogP) is 5.98. The molecular weight excluding hydrogens is 546 g/mol. The van der Waals surface area contributed by atoms with Crippen LogP contribution in [-0.4, -0.2) is 34.0 Å². The second-order valence-electron chi connectivity index (χ2n) is 8.51. The van der Waals surface area contributed by atoms with Crippen molar-refractivity contribution in [3.05, 3.63) is 118 Å². The van der Waals surface area contributed by atoms with Crippen molar-refractivity contribution in [2.24, 2.45) is 0 Å². The molecule has 1 atom stereocenters. The van der Waals surface area contributed by atoms with Crippen LogP contribution >= 0.6 is 23.1 Å². The zero-order chi connectivity index (χ0) is 28.5. The summed E-state index contributed by atoms with van der Waals surface area (Å²) < 4.78 is 0. The summed E-state index contributed by atoms with van der Waals surface area (Å²) in [4.78, 5) is 51.4. The molecule has 0 aliphatic rings. The highest BCUT2D eigenvalue weighted by Crippen LogP contribution is 2.27. The summed E-state index contributed by atoms with van der Waals surface area (Å²) in [6.45, 7) is 1.73. The molecule has 3 aromatic carbocycles. The van der Waals surface area contributed by atoms with Crippen LogP contribution in [0.15, 0.2) is 107 Å². The maximum absolute atomic E-state index is 13.2. The van der Waals surface area contributed by atoms with Crippen molar-refractivity contribution in [1.82, 2.24) is 5.32 Å². The molecule has 0 spiro atoms. The van der Waals surface area contributed by atoms with Crippen molar-refractivity contribution in [3.63, 3.8) is 0 Å². The van der Waals surface area contributed by atoms with Gasteiger partial charge in [-0.25, -0.2) is 4.79 Å². The first-order valence-electron chi connectivity index (χ1n) is 12.1. The molecule has 1 unspecified atom stereocenters. The number of hydrogen-bond acceptors (Lipinski definition) is 6. The van der Waals surface area contributed by atoms with Gasteiger partial charge in [-0.3, -0.25) is 14.4 Å². The Labute approximate surface area is 239 Å². The van der Waals surface area contributed by atoms with Crippen molar-refractivity contribution < 1.29 is 24.3 Å². The Hall–Kier alpha value is -4.67. The van der Waals surface area contributed by atoms with Gasteiger partial charge in [-0.1, -0.05) is 36.4 Å². The third-order valence-corrected chi connectivity index (χ3v) is 7.42. The van der Waals surface area contributed by atoms with E-state index in [-0.39, 0.29) is 17.2 Å². The summed E-state index contributed by atoms with van der Waals surface area (Å²) in [6, 6.07) is 25.4. The van der Waals surface area contributed by atoms with Crippen LogP contribution in [-0.2, 0) is 9.59 Å². The number of nitrogens with one attached hydrogen (secondary N) is 3. The van der Waals surface area contributed by atoms with Gasteiger partial charge < -0.3 is 21.1 Å². The molecule has 0 saturated carbocycles. The molecule has 3 amide bonds. The number of benzene rings is 3. The van der Waals surface area contributed by atoms with Gasteiger partial charge in [-0.2, -0.15) is 0 Å². The van der Waals surface area contributed by atoms with Gasteiger partial charge in [-0.05, 0) is 73.0 Å². The Morgan fingerprint density at radius 2 is 1.52 bits per heavy atom. The normalized spacial score (nSPS) is 11.8. The lowest BCUT2D eigenvalue weighted by atomic mass is 10.2. The molecule has 10 heteroatoms. The molecule has 4 aromatic rings. The monoisotopic (exact) mass is 571 g/mol. The fourth-order valence-electron chi connectivity index (χ4n) is 3.54. The Morgan fingerprint density at radius 1 is 0.825 bits per heavy atom. The van der Waals surface area contributed by atoms with E-state index in [1.165, 1.54) is 35.2 Å². The number of thiophene rings is 1. The summed E-state index contributed by atoms with van der Waals surface area (Å²) in [5.41, 5.74) is 1.47. The molecule has 8 nitrogen and oxygen atoms in total. The largest absolute Gasteiger partial charge is 0.478 e.